The maximum Gasteiger partial charge on any atom is 0.266 e. The number of piperidine rings is 1. The van der Waals surface area contributed by atoms with E-state index < -0.39 is 0 Å². The number of aryl methyl sites for hydroxylation is 1. The van der Waals surface area contributed by atoms with E-state index in [2.05, 4.69) is 5.10 Å². The van der Waals surface area contributed by atoms with Crippen molar-refractivity contribution in [3.05, 3.63) is 22.1 Å². The molecule has 1 aromatic heterocycles. The van der Waals surface area contributed by atoms with Gasteiger partial charge in [-0.05, 0) is 12.8 Å². The maximum atomic E-state index is 11.3. The van der Waals surface area contributed by atoms with Crippen LogP contribution in [0, 0.1) is 0 Å². The summed E-state index contributed by atoms with van der Waals surface area (Å²) in [5.41, 5.74) is 1.000. The van der Waals surface area contributed by atoms with E-state index in [0.29, 0.717) is 5.92 Å². The topological polar surface area (TPSA) is 58.1 Å². The van der Waals surface area contributed by atoms with Gasteiger partial charge in [0.2, 0.25) is 5.91 Å². The lowest BCUT2D eigenvalue weighted by Gasteiger charge is -2.30. The van der Waals surface area contributed by atoms with E-state index in [1.807, 2.05) is 4.90 Å². The SMILES string of the molecule is CC(=O)N1CCC(c2cc(=O)n(C)[nH]2)CC1. The van der Waals surface area contributed by atoms with Gasteiger partial charge in [0.05, 0.1) is 0 Å². The smallest absolute Gasteiger partial charge is 0.266 e. The molecule has 1 aliphatic rings. The Morgan fingerprint density at radius 3 is 2.50 bits per heavy atom. The summed E-state index contributed by atoms with van der Waals surface area (Å²) >= 11 is 0. The summed E-state index contributed by atoms with van der Waals surface area (Å²) in [7, 11) is 1.72. The molecule has 1 aliphatic heterocycles. The molecule has 0 spiro atoms. The van der Waals surface area contributed by atoms with Crippen LogP contribution in [-0.4, -0.2) is 33.7 Å². The molecule has 1 amide bonds. The van der Waals surface area contributed by atoms with Crippen LogP contribution < -0.4 is 5.56 Å². The molecule has 5 nitrogen and oxygen atoms in total. The molecule has 0 atom stereocenters. The first-order valence-corrected chi connectivity index (χ1v) is 5.59. The van der Waals surface area contributed by atoms with E-state index in [-0.39, 0.29) is 11.5 Å². The van der Waals surface area contributed by atoms with Gasteiger partial charge in [0.15, 0.2) is 0 Å². The lowest BCUT2D eigenvalue weighted by molar-refractivity contribution is -0.129. The second kappa shape index (κ2) is 4.15. The van der Waals surface area contributed by atoms with E-state index in [1.54, 1.807) is 20.0 Å². The second-order valence-corrected chi connectivity index (χ2v) is 4.39. The first-order chi connectivity index (χ1) is 7.58. The Morgan fingerprint density at radius 2 is 2.06 bits per heavy atom. The van der Waals surface area contributed by atoms with Gasteiger partial charge >= 0.3 is 0 Å². The zero-order valence-corrected chi connectivity index (χ0v) is 9.69. The van der Waals surface area contributed by atoms with E-state index in [4.69, 9.17) is 0 Å². The van der Waals surface area contributed by atoms with E-state index in [9.17, 15) is 9.59 Å². The highest BCUT2D eigenvalue weighted by Crippen LogP contribution is 2.25. The largest absolute Gasteiger partial charge is 0.343 e. The average molecular weight is 223 g/mol. The van der Waals surface area contributed by atoms with Gasteiger partial charge < -0.3 is 4.90 Å². The molecule has 1 N–H and O–H groups in total. The molecule has 0 radical (unpaired) electrons. The number of aromatic amines is 1. The lowest BCUT2D eigenvalue weighted by Crippen LogP contribution is -2.36. The molecular formula is C11H17N3O2. The lowest BCUT2D eigenvalue weighted by atomic mass is 9.94. The monoisotopic (exact) mass is 223 g/mol. The Balaban J connectivity index is 2.04. The van der Waals surface area contributed by atoms with Crippen molar-refractivity contribution in [2.45, 2.75) is 25.7 Å². The number of aromatic nitrogens is 2. The predicted octanol–water partition coefficient (Wildman–Crippen LogP) is 0.439. The van der Waals surface area contributed by atoms with Crippen LogP contribution >= 0.6 is 0 Å². The first kappa shape index (κ1) is 11.0. The zero-order chi connectivity index (χ0) is 11.7. The van der Waals surface area contributed by atoms with Crippen molar-refractivity contribution in [1.82, 2.24) is 14.7 Å². The Labute approximate surface area is 94.0 Å². The molecule has 0 aromatic carbocycles. The standard InChI is InChI=1S/C11H17N3O2/c1-8(15)14-5-3-9(4-6-14)10-7-11(16)13(2)12-10/h7,9,12H,3-6H2,1-2H3. The van der Waals surface area contributed by atoms with Crippen LogP contribution in [0.4, 0.5) is 0 Å². The minimum atomic E-state index is 0.00370. The molecule has 5 heteroatoms. The third-order valence-electron chi connectivity index (χ3n) is 3.29. The number of hydrogen-bond acceptors (Lipinski definition) is 2. The molecular weight excluding hydrogens is 206 g/mol. The molecule has 16 heavy (non-hydrogen) atoms. The fourth-order valence-electron chi connectivity index (χ4n) is 2.23. The third-order valence-corrected chi connectivity index (χ3v) is 3.29. The summed E-state index contributed by atoms with van der Waals surface area (Å²) in [5, 5.41) is 3.06. The molecule has 0 bridgehead atoms. The summed E-state index contributed by atoms with van der Waals surface area (Å²) in [6.45, 7) is 3.18. The van der Waals surface area contributed by atoms with Crippen molar-refractivity contribution in [2.24, 2.45) is 7.05 Å². The number of nitrogens with one attached hydrogen (secondary N) is 1. The molecule has 1 saturated heterocycles. The van der Waals surface area contributed by atoms with E-state index in [1.165, 1.54) is 4.68 Å². The van der Waals surface area contributed by atoms with Crippen LogP contribution in [0.25, 0.3) is 0 Å². The minimum absolute atomic E-state index is 0.00370. The molecule has 0 unspecified atom stereocenters. The molecule has 0 saturated carbocycles. The van der Waals surface area contributed by atoms with Gasteiger partial charge in [-0.1, -0.05) is 0 Å². The fourth-order valence-corrected chi connectivity index (χ4v) is 2.23. The van der Waals surface area contributed by atoms with Gasteiger partial charge in [-0.3, -0.25) is 19.4 Å². The van der Waals surface area contributed by atoms with Gasteiger partial charge in [-0.25, -0.2) is 0 Å². The number of hydrogen-bond donors (Lipinski definition) is 1. The summed E-state index contributed by atoms with van der Waals surface area (Å²) in [4.78, 5) is 24.3. The van der Waals surface area contributed by atoms with Crippen LogP contribution in [0.3, 0.4) is 0 Å². The summed E-state index contributed by atoms with van der Waals surface area (Å²) in [5.74, 6) is 0.518. The first-order valence-electron chi connectivity index (χ1n) is 5.59. The normalized spacial score (nSPS) is 17.8. The van der Waals surface area contributed by atoms with Gasteiger partial charge in [0, 0.05) is 44.7 Å². The number of H-pyrrole nitrogens is 1. The number of rotatable bonds is 1. The third kappa shape index (κ3) is 2.03. The van der Waals surface area contributed by atoms with E-state index in [0.717, 1.165) is 31.6 Å². The van der Waals surface area contributed by atoms with Crippen LogP contribution in [0.1, 0.15) is 31.4 Å². The van der Waals surface area contributed by atoms with Gasteiger partial charge in [-0.15, -0.1) is 0 Å². The molecule has 2 heterocycles. The Hall–Kier alpha value is -1.52. The molecule has 1 aromatic rings. The second-order valence-electron chi connectivity index (χ2n) is 4.39. The van der Waals surface area contributed by atoms with Crippen LogP contribution in [0.15, 0.2) is 10.9 Å². The van der Waals surface area contributed by atoms with Crippen LogP contribution in [-0.2, 0) is 11.8 Å². The summed E-state index contributed by atoms with van der Waals surface area (Å²) < 4.78 is 1.49. The summed E-state index contributed by atoms with van der Waals surface area (Å²) in [6, 6.07) is 1.66. The predicted molar refractivity (Wildman–Crippen MR) is 60.3 cm³/mol. The molecule has 1 fully saturated rings. The van der Waals surface area contributed by atoms with Crippen molar-refractivity contribution in [1.29, 1.82) is 0 Å². The molecule has 0 aliphatic carbocycles. The van der Waals surface area contributed by atoms with Gasteiger partial charge in [0.25, 0.3) is 5.56 Å². The maximum absolute atomic E-state index is 11.3. The molecule has 88 valence electrons. The number of nitrogens with zero attached hydrogens (tertiary/aromatic N) is 2. The van der Waals surface area contributed by atoms with E-state index >= 15 is 0 Å². The van der Waals surface area contributed by atoms with Crippen molar-refractivity contribution < 1.29 is 4.79 Å². The highest BCUT2D eigenvalue weighted by atomic mass is 16.2. The zero-order valence-electron chi connectivity index (χ0n) is 9.69. The Bertz CT molecular complexity index is 438. The van der Waals surface area contributed by atoms with Crippen molar-refractivity contribution >= 4 is 5.91 Å². The number of carbonyl (C=O) groups is 1. The minimum Gasteiger partial charge on any atom is -0.343 e. The highest BCUT2D eigenvalue weighted by Gasteiger charge is 2.23. The quantitative estimate of drug-likeness (QED) is 0.751. The van der Waals surface area contributed by atoms with Crippen LogP contribution in [0.5, 0.6) is 0 Å². The van der Waals surface area contributed by atoms with Crippen molar-refractivity contribution in [3.63, 3.8) is 0 Å². The van der Waals surface area contributed by atoms with Crippen molar-refractivity contribution in [2.75, 3.05) is 13.1 Å². The Kier molecular flexibility index (Phi) is 2.85. The Morgan fingerprint density at radius 1 is 1.44 bits per heavy atom. The van der Waals surface area contributed by atoms with Gasteiger partial charge in [-0.2, -0.15) is 0 Å². The highest BCUT2D eigenvalue weighted by molar-refractivity contribution is 5.73. The van der Waals surface area contributed by atoms with Crippen LogP contribution in [0.2, 0.25) is 0 Å². The number of amides is 1. The summed E-state index contributed by atoms with van der Waals surface area (Å²) in [6.07, 6.45) is 1.86. The van der Waals surface area contributed by atoms with Gasteiger partial charge in [0.1, 0.15) is 0 Å². The van der Waals surface area contributed by atoms with Crippen molar-refractivity contribution in [3.8, 4) is 0 Å². The molecule has 2 rings (SSSR count). The fraction of sp³-hybridized carbons (Fsp3) is 0.636. The average Bonchev–Trinajstić information content (AvgIpc) is 2.59. The number of likely N-dealkylation sites (tertiary alicyclic amines) is 1. The number of carbonyl (C=O) groups excluding carboxylic acids is 1.